The molecule has 0 saturated heterocycles. The third-order valence-corrected chi connectivity index (χ3v) is 4.33. The maximum Gasteiger partial charge on any atom is 0.253 e. The third kappa shape index (κ3) is 4.21. The van der Waals surface area contributed by atoms with Crippen molar-refractivity contribution in [2.45, 2.75) is 58.2 Å². The number of benzene rings is 1. The summed E-state index contributed by atoms with van der Waals surface area (Å²) in [6.45, 7) is 4.01. The highest BCUT2D eigenvalue weighted by Crippen LogP contribution is 2.30. The Labute approximate surface area is 127 Å². The molecule has 1 fully saturated rings. The SMILES string of the molecule is CCC1CCCCC1OC(C)C(=O)Nc1ccccc1N. The highest BCUT2D eigenvalue weighted by molar-refractivity contribution is 5.96. The molecule has 0 spiro atoms. The zero-order chi connectivity index (χ0) is 15.2. The van der Waals surface area contributed by atoms with Crippen molar-refractivity contribution in [1.29, 1.82) is 0 Å². The normalized spacial score (nSPS) is 23.5. The summed E-state index contributed by atoms with van der Waals surface area (Å²) in [7, 11) is 0. The molecule has 0 aliphatic heterocycles. The molecule has 3 atom stereocenters. The van der Waals surface area contributed by atoms with E-state index in [1.165, 1.54) is 19.3 Å². The second-order valence-corrected chi connectivity index (χ2v) is 5.85. The topological polar surface area (TPSA) is 64.3 Å². The van der Waals surface area contributed by atoms with Crippen molar-refractivity contribution in [1.82, 2.24) is 0 Å². The number of carbonyl (C=O) groups is 1. The smallest absolute Gasteiger partial charge is 0.253 e. The first kappa shape index (κ1) is 15.8. The molecular weight excluding hydrogens is 264 g/mol. The van der Waals surface area contributed by atoms with Gasteiger partial charge in [-0.25, -0.2) is 0 Å². The summed E-state index contributed by atoms with van der Waals surface area (Å²) in [6, 6.07) is 7.27. The molecule has 2 rings (SSSR count). The minimum absolute atomic E-state index is 0.131. The second-order valence-electron chi connectivity index (χ2n) is 5.85. The van der Waals surface area contributed by atoms with Crippen molar-refractivity contribution in [2.24, 2.45) is 5.92 Å². The number of nitrogens with two attached hydrogens (primary N) is 1. The van der Waals surface area contributed by atoms with Gasteiger partial charge < -0.3 is 15.8 Å². The summed E-state index contributed by atoms with van der Waals surface area (Å²) >= 11 is 0. The van der Waals surface area contributed by atoms with Crippen LogP contribution in [0.25, 0.3) is 0 Å². The molecule has 0 radical (unpaired) electrons. The molecular formula is C17H26N2O2. The van der Waals surface area contributed by atoms with Crippen molar-refractivity contribution in [3.63, 3.8) is 0 Å². The molecule has 1 aromatic rings. The minimum atomic E-state index is -0.457. The largest absolute Gasteiger partial charge is 0.397 e. The molecule has 1 aromatic carbocycles. The minimum Gasteiger partial charge on any atom is -0.397 e. The number of nitrogen functional groups attached to an aromatic ring is 1. The number of hydrogen-bond acceptors (Lipinski definition) is 3. The Morgan fingerprint density at radius 3 is 2.81 bits per heavy atom. The first-order valence-electron chi connectivity index (χ1n) is 7.92. The molecule has 1 saturated carbocycles. The fraction of sp³-hybridized carbons (Fsp3) is 0.588. The maximum absolute atomic E-state index is 12.2. The van der Waals surface area contributed by atoms with Crippen molar-refractivity contribution < 1.29 is 9.53 Å². The molecule has 0 bridgehead atoms. The zero-order valence-corrected chi connectivity index (χ0v) is 13.0. The first-order chi connectivity index (χ1) is 10.1. The Balaban J connectivity index is 1.91. The van der Waals surface area contributed by atoms with Gasteiger partial charge >= 0.3 is 0 Å². The fourth-order valence-electron chi connectivity index (χ4n) is 2.99. The van der Waals surface area contributed by atoms with Gasteiger partial charge in [0.15, 0.2) is 0 Å². The molecule has 1 amide bonds. The van der Waals surface area contributed by atoms with Gasteiger partial charge in [0, 0.05) is 0 Å². The Morgan fingerprint density at radius 1 is 1.38 bits per heavy atom. The van der Waals surface area contributed by atoms with Crippen LogP contribution in [0.15, 0.2) is 24.3 Å². The predicted molar refractivity (Wildman–Crippen MR) is 86.1 cm³/mol. The van der Waals surface area contributed by atoms with Gasteiger partial charge in [0.25, 0.3) is 5.91 Å². The summed E-state index contributed by atoms with van der Waals surface area (Å²) in [6.07, 6.45) is 5.61. The van der Waals surface area contributed by atoms with Crippen molar-refractivity contribution >= 4 is 17.3 Å². The van der Waals surface area contributed by atoms with E-state index in [-0.39, 0.29) is 12.0 Å². The molecule has 3 N–H and O–H groups in total. The average Bonchev–Trinajstić information content (AvgIpc) is 2.50. The molecule has 4 heteroatoms. The Bertz CT molecular complexity index is 476. The van der Waals surface area contributed by atoms with Gasteiger partial charge in [-0.2, -0.15) is 0 Å². The van der Waals surface area contributed by atoms with Gasteiger partial charge in [0.2, 0.25) is 0 Å². The van der Waals surface area contributed by atoms with Crippen LogP contribution in [-0.4, -0.2) is 18.1 Å². The summed E-state index contributed by atoms with van der Waals surface area (Å²) in [5, 5.41) is 2.84. The molecule has 116 valence electrons. The van der Waals surface area contributed by atoms with E-state index in [9.17, 15) is 4.79 Å². The number of carbonyl (C=O) groups excluding carboxylic acids is 1. The van der Waals surface area contributed by atoms with E-state index in [0.29, 0.717) is 17.3 Å². The first-order valence-corrected chi connectivity index (χ1v) is 7.92. The number of nitrogens with one attached hydrogen (secondary N) is 1. The van der Waals surface area contributed by atoms with E-state index in [1.54, 1.807) is 12.1 Å². The summed E-state index contributed by atoms with van der Waals surface area (Å²) < 4.78 is 6.02. The number of para-hydroxylation sites is 2. The highest BCUT2D eigenvalue weighted by Gasteiger charge is 2.28. The van der Waals surface area contributed by atoms with Gasteiger partial charge in [0.05, 0.1) is 17.5 Å². The van der Waals surface area contributed by atoms with Crippen LogP contribution in [0.5, 0.6) is 0 Å². The summed E-state index contributed by atoms with van der Waals surface area (Å²) in [5.74, 6) is 0.448. The van der Waals surface area contributed by atoms with E-state index in [0.717, 1.165) is 12.8 Å². The van der Waals surface area contributed by atoms with Crippen LogP contribution in [0.4, 0.5) is 11.4 Å². The molecule has 1 aliphatic rings. The number of ether oxygens (including phenoxy) is 1. The second kappa shape index (κ2) is 7.46. The van der Waals surface area contributed by atoms with Crippen LogP contribution in [0.3, 0.4) is 0 Å². The van der Waals surface area contributed by atoms with Crippen molar-refractivity contribution in [3.05, 3.63) is 24.3 Å². The predicted octanol–water partition coefficient (Wildman–Crippen LogP) is 3.58. The summed E-state index contributed by atoms with van der Waals surface area (Å²) in [4.78, 5) is 12.2. The zero-order valence-electron chi connectivity index (χ0n) is 13.0. The Hall–Kier alpha value is -1.55. The fourth-order valence-corrected chi connectivity index (χ4v) is 2.99. The van der Waals surface area contributed by atoms with Crippen LogP contribution >= 0.6 is 0 Å². The van der Waals surface area contributed by atoms with Crippen LogP contribution in [0.1, 0.15) is 46.0 Å². The van der Waals surface area contributed by atoms with Gasteiger partial charge in [-0.3, -0.25) is 4.79 Å². The molecule has 3 unspecified atom stereocenters. The lowest BCUT2D eigenvalue weighted by Gasteiger charge is -2.32. The van der Waals surface area contributed by atoms with E-state index in [2.05, 4.69) is 12.2 Å². The monoisotopic (exact) mass is 290 g/mol. The lowest BCUT2D eigenvalue weighted by molar-refractivity contribution is -0.134. The number of amides is 1. The Kier molecular flexibility index (Phi) is 5.62. The highest BCUT2D eigenvalue weighted by atomic mass is 16.5. The lowest BCUT2D eigenvalue weighted by Crippen LogP contribution is -2.36. The van der Waals surface area contributed by atoms with Crippen LogP contribution in [0, 0.1) is 5.92 Å². The Morgan fingerprint density at radius 2 is 2.10 bits per heavy atom. The van der Waals surface area contributed by atoms with Gasteiger partial charge in [-0.05, 0) is 37.8 Å². The molecule has 0 aromatic heterocycles. The van der Waals surface area contributed by atoms with E-state index < -0.39 is 6.10 Å². The summed E-state index contributed by atoms with van der Waals surface area (Å²) in [5.41, 5.74) is 7.06. The number of rotatable bonds is 5. The maximum atomic E-state index is 12.2. The van der Waals surface area contributed by atoms with E-state index in [1.807, 2.05) is 19.1 Å². The third-order valence-electron chi connectivity index (χ3n) is 4.33. The molecule has 21 heavy (non-hydrogen) atoms. The lowest BCUT2D eigenvalue weighted by atomic mass is 9.84. The molecule has 0 heterocycles. The quantitative estimate of drug-likeness (QED) is 0.815. The van der Waals surface area contributed by atoms with Crippen molar-refractivity contribution in [3.8, 4) is 0 Å². The molecule has 4 nitrogen and oxygen atoms in total. The van der Waals surface area contributed by atoms with Gasteiger partial charge in [-0.1, -0.05) is 38.3 Å². The van der Waals surface area contributed by atoms with Gasteiger partial charge in [0.1, 0.15) is 6.10 Å². The van der Waals surface area contributed by atoms with Crippen LogP contribution in [0.2, 0.25) is 0 Å². The van der Waals surface area contributed by atoms with Crippen molar-refractivity contribution in [2.75, 3.05) is 11.1 Å². The van der Waals surface area contributed by atoms with Crippen LogP contribution in [-0.2, 0) is 9.53 Å². The van der Waals surface area contributed by atoms with Gasteiger partial charge in [-0.15, -0.1) is 0 Å². The van der Waals surface area contributed by atoms with E-state index in [4.69, 9.17) is 10.5 Å². The number of hydrogen-bond donors (Lipinski definition) is 2. The average molecular weight is 290 g/mol. The standard InChI is InChI=1S/C17H26N2O2/c1-3-13-8-4-7-11-16(13)21-12(2)17(20)19-15-10-6-5-9-14(15)18/h5-6,9-10,12-13,16H,3-4,7-8,11,18H2,1-2H3,(H,19,20). The van der Waals surface area contributed by atoms with E-state index >= 15 is 0 Å². The van der Waals surface area contributed by atoms with Crippen LogP contribution < -0.4 is 11.1 Å². The molecule has 1 aliphatic carbocycles. The number of anilines is 2.